The summed E-state index contributed by atoms with van der Waals surface area (Å²) in [5.41, 5.74) is 3.52. The first kappa shape index (κ1) is 17.5. The monoisotopic (exact) mass is 379 g/mol. The fraction of sp³-hybridized carbons (Fsp3) is 0.143. The summed E-state index contributed by atoms with van der Waals surface area (Å²) in [6.07, 6.45) is 3.50. The van der Waals surface area contributed by atoms with Crippen molar-refractivity contribution in [3.63, 3.8) is 0 Å². The number of benzene rings is 2. The van der Waals surface area contributed by atoms with E-state index in [9.17, 15) is 4.39 Å². The van der Waals surface area contributed by atoms with E-state index in [1.54, 1.807) is 43.4 Å². The summed E-state index contributed by atoms with van der Waals surface area (Å²) >= 11 is 1.62. The third-order valence-electron chi connectivity index (χ3n) is 4.30. The summed E-state index contributed by atoms with van der Waals surface area (Å²) in [7, 11) is 1.66. The summed E-state index contributed by atoms with van der Waals surface area (Å²) in [5.74, 6) is 1.36. The summed E-state index contributed by atoms with van der Waals surface area (Å²) in [5, 5.41) is 0.837. The zero-order valence-corrected chi connectivity index (χ0v) is 15.6. The molecule has 0 fully saturated rings. The van der Waals surface area contributed by atoms with E-state index in [-0.39, 0.29) is 5.82 Å². The lowest BCUT2D eigenvalue weighted by Crippen LogP contribution is -2.03. The van der Waals surface area contributed by atoms with E-state index in [1.807, 2.05) is 34.9 Å². The topological polar surface area (TPSA) is 39.9 Å². The standard InChI is InChI=1S/C21H18FN3OS/c1-26-17-7-4-5-15(11-17)14-27-21-24-19-9-10-23-12-20(19)25(21)13-16-6-2-3-8-18(16)22/h2-12H,13-14H2,1H3. The van der Waals surface area contributed by atoms with Crippen LogP contribution in [0.5, 0.6) is 5.75 Å². The van der Waals surface area contributed by atoms with Crippen LogP contribution in [0, 0.1) is 5.82 Å². The molecular weight excluding hydrogens is 361 g/mol. The normalized spacial score (nSPS) is 11.0. The zero-order chi connectivity index (χ0) is 18.6. The van der Waals surface area contributed by atoms with Gasteiger partial charge in [0.05, 0.1) is 30.9 Å². The molecule has 2 aromatic heterocycles. The Hall–Kier alpha value is -2.86. The van der Waals surface area contributed by atoms with E-state index in [1.165, 1.54) is 6.07 Å². The Labute approximate surface area is 161 Å². The number of nitrogens with zero attached hydrogens (tertiary/aromatic N) is 3. The molecule has 4 aromatic rings. The minimum absolute atomic E-state index is 0.216. The average molecular weight is 379 g/mol. The lowest BCUT2D eigenvalue weighted by molar-refractivity contribution is 0.414. The zero-order valence-electron chi connectivity index (χ0n) is 14.8. The van der Waals surface area contributed by atoms with Crippen molar-refractivity contribution in [1.29, 1.82) is 0 Å². The van der Waals surface area contributed by atoms with Crippen molar-refractivity contribution in [2.24, 2.45) is 0 Å². The molecule has 6 heteroatoms. The van der Waals surface area contributed by atoms with Crippen LogP contribution in [0.3, 0.4) is 0 Å². The van der Waals surface area contributed by atoms with Crippen LogP contribution in [0.4, 0.5) is 4.39 Å². The molecule has 27 heavy (non-hydrogen) atoms. The van der Waals surface area contributed by atoms with Gasteiger partial charge in [0.25, 0.3) is 0 Å². The van der Waals surface area contributed by atoms with E-state index in [0.29, 0.717) is 12.1 Å². The molecule has 0 bridgehead atoms. The number of ether oxygens (including phenoxy) is 1. The van der Waals surface area contributed by atoms with Crippen molar-refractivity contribution in [2.75, 3.05) is 7.11 Å². The molecule has 0 atom stereocenters. The molecule has 0 saturated carbocycles. The fourth-order valence-electron chi connectivity index (χ4n) is 2.92. The van der Waals surface area contributed by atoms with Gasteiger partial charge in [-0.3, -0.25) is 4.98 Å². The SMILES string of the molecule is COc1cccc(CSc2nc3ccncc3n2Cc2ccccc2F)c1. The van der Waals surface area contributed by atoms with Crippen molar-refractivity contribution in [3.8, 4) is 5.75 Å². The van der Waals surface area contributed by atoms with Gasteiger partial charge < -0.3 is 9.30 Å². The van der Waals surface area contributed by atoms with Crippen LogP contribution in [-0.4, -0.2) is 21.6 Å². The molecule has 0 unspecified atom stereocenters. The Balaban J connectivity index is 1.66. The van der Waals surface area contributed by atoms with Gasteiger partial charge >= 0.3 is 0 Å². The van der Waals surface area contributed by atoms with E-state index < -0.39 is 0 Å². The molecule has 0 saturated heterocycles. The fourth-order valence-corrected chi connectivity index (χ4v) is 3.87. The van der Waals surface area contributed by atoms with Gasteiger partial charge in [0.1, 0.15) is 11.6 Å². The number of thioether (sulfide) groups is 1. The highest BCUT2D eigenvalue weighted by Crippen LogP contribution is 2.28. The number of hydrogen-bond donors (Lipinski definition) is 0. The highest BCUT2D eigenvalue weighted by Gasteiger charge is 2.14. The first-order valence-corrected chi connectivity index (χ1v) is 9.52. The van der Waals surface area contributed by atoms with Gasteiger partial charge in [-0.1, -0.05) is 42.1 Å². The Bertz CT molecular complexity index is 1080. The molecule has 0 aliphatic heterocycles. The molecule has 0 N–H and O–H groups in total. The molecule has 136 valence electrons. The van der Waals surface area contributed by atoms with Gasteiger partial charge in [-0.25, -0.2) is 9.37 Å². The predicted molar refractivity (Wildman–Crippen MR) is 106 cm³/mol. The van der Waals surface area contributed by atoms with Gasteiger partial charge in [-0.15, -0.1) is 0 Å². The molecule has 0 amide bonds. The van der Waals surface area contributed by atoms with Gasteiger partial charge in [0, 0.05) is 17.5 Å². The number of fused-ring (bicyclic) bond motifs is 1. The van der Waals surface area contributed by atoms with E-state index >= 15 is 0 Å². The van der Waals surface area contributed by atoms with E-state index in [0.717, 1.165) is 33.3 Å². The number of imidazole rings is 1. The molecule has 2 heterocycles. The maximum Gasteiger partial charge on any atom is 0.169 e. The van der Waals surface area contributed by atoms with Crippen LogP contribution in [0.1, 0.15) is 11.1 Å². The molecule has 0 aliphatic rings. The smallest absolute Gasteiger partial charge is 0.169 e. The van der Waals surface area contributed by atoms with Crippen molar-refractivity contribution in [3.05, 3.63) is 83.9 Å². The van der Waals surface area contributed by atoms with Crippen LogP contribution >= 0.6 is 11.8 Å². The van der Waals surface area contributed by atoms with E-state index in [4.69, 9.17) is 9.72 Å². The number of halogens is 1. The molecule has 0 aliphatic carbocycles. The lowest BCUT2D eigenvalue weighted by Gasteiger charge is -2.10. The molecule has 0 spiro atoms. The van der Waals surface area contributed by atoms with Crippen molar-refractivity contribution < 1.29 is 9.13 Å². The predicted octanol–water partition coefficient (Wildman–Crippen LogP) is 4.92. The molecule has 2 aromatic carbocycles. The van der Waals surface area contributed by atoms with E-state index in [2.05, 4.69) is 11.1 Å². The van der Waals surface area contributed by atoms with Crippen molar-refractivity contribution in [1.82, 2.24) is 14.5 Å². The van der Waals surface area contributed by atoms with Crippen LogP contribution in [0.2, 0.25) is 0 Å². The largest absolute Gasteiger partial charge is 0.497 e. The second-order valence-corrected chi connectivity index (χ2v) is 7.02. The molecule has 0 radical (unpaired) electrons. The second-order valence-electron chi connectivity index (χ2n) is 6.08. The van der Waals surface area contributed by atoms with Crippen molar-refractivity contribution >= 4 is 22.8 Å². The van der Waals surface area contributed by atoms with Crippen LogP contribution in [-0.2, 0) is 12.3 Å². The average Bonchev–Trinajstić information content (AvgIpc) is 3.06. The van der Waals surface area contributed by atoms with Crippen molar-refractivity contribution in [2.45, 2.75) is 17.5 Å². The Morgan fingerprint density at radius 1 is 1.11 bits per heavy atom. The summed E-state index contributed by atoms with van der Waals surface area (Å²) in [6, 6.07) is 16.7. The maximum atomic E-state index is 14.2. The molecular formula is C21H18FN3OS. The van der Waals surface area contributed by atoms with Gasteiger partial charge in [-0.05, 0) is 29.8 Å². The Morgan fingerprint density at radius 2 is 2.00 bits per heavy atom. The summed E-state index contributed by atoms with van der Waals surface area (Å²) in [4.78, 5) is 8.94. The number of pyridine rings is 1. The van der Waals surface area contributed by atoms with Gasteiger partial charge in [0.2, 0.25) is 0 Å². The van der Waals surface area contributed by atoms with Crippen LogP contribution in [0.15, 0.2) is 72.1 Å². The Kier molecular flexibility index (Phi) is 5.07. The number of hydrogen-bond acceptors (Lipinski definition) is 4. The third kappa shape index (κ3) is 3.80. The first-order valence-electron chi connectivity index (χ1n) is 8.54. The number of methoxy groups -OCH3 is 1. The first-order chi connectivity index (χ1) is 13.2. The highest BCUT2D eigenvalue weighted by molar-refractivity contribution is 7.98. The molecule has 4 rings (SSSR count). The van der Waals surface area contributed by atoms with Gasteiger partial charge in [0.15, 0.2) is 5.16 Å². The van der Waals surface area contributed by atoms with Crippen LogP contribution in [0.25, 0.3) is 11.0 Å². The quantitative estimate of drug-likeness (QED) is 0.446. The maximum absolute atomic E-state index is 14.2. The number of aromatic nitrogens is 3. The third-order valence-corrected chi connectivity index (χ3v) is 5.35. The van der Waals surface area contributed by atoms with Crippen LogP contribution < -0.4 is 4.74 Å². The second kappa shape index (κ2) is 7.80. The van der Waals surface area contributed by atoms with Gasteiger partial charge in [-0.2, -0.15) is 0 Å². The number of rotatable bonds is 6. The minimum Gasteiger partial charge on any atom is -0.497 e. The Morgan fingerprint density at radius 3 is 2.85 bits per heavy atom. The lowest BCUT2D eigenvalue weighted by atomic mass is 10.2. The summed E-state index contributed by atoms with van der Waals surface area (Å²) in [6.45, 7) is 0.412. The highest BCUT2D eigenvalue weighted by atomic mass is 32.2. The molecule has 4 nitrogen and oxygen atoms in total. The minimum atomic E-state index is -0.216. The summed E-state index contributed by atoms with van der Waals surface area (Å²) < 4.78 is 21.5.